The topological polar surface area (TPSA) is 192 Å². The monoisotopic (exact) mass is 678 g/mol. The summed E-state index contributed by atoms with van der Waals surface area (Å²) in [6.07, 6.45) is -0.970. The second kappa shape index (κ2) is 13.4. The van der Waals surface area contributed by atoms with Crippen molar-refractivity contribution in [2.24, 2.45) is 46.3 Å². The minimum absolute atomic E-state index is 0.0401. The molecule has 0 aromatic rings. The lowest BCUT2D eigenvalue weighted by Gasteiger charge is -2.66. The van der Waals surface area contributed by atoms with Crippen molar-refractivity contribution in [3.8, 4) is 0 Å². The van der Waals surface area contributed by atoms with E-state index >= 15 is 0 Å². The standard InChI is InChI=1S/C33H58O12S/c1-17(2)24(44-30-27(37)28(42-6)25(16-43-30)45-46(39,40)41)8-7-18(3)20-14-22(35)29-32(20,5)12-10-26-31(4)11-9-19(34)13-21(31)23(36)15-33(26,29)38/h17-30,34-38H,7-16H2,1-6H3,(H,39,40,41)/t18-,19+,20-,21?,22-,23+,24+,25+,26?,27+,28-,29?,30-,31+,32-,33+/m1/s1. The van der Waals surface area contributed by atoms with Crippen molar-refractivity contribution in [2.75, 3.05) is 13.7 Å². The van der Waals surface area contributed by atoms with Gasteiger partial charge < -0.3 is 39.7 Å². The average Bonchev–Trinajstić information content (AvgIpc) is 3.23. The molecule has 0 radical (unpaired) electrons. The first-order valence-electron chi connectivity index (χ1n) is 17.3. The van der Waals surface area contributed by atoms with Crippen molar-refractivity contribution in [3.63, 3.8) is 0 Å². The molecule has 5 fully saturated rings. The highest BCUT2D eigenvalue weighted by Crippen LogP contribution is 2.69. The summed E-state index contributed by atoms with van der Waals surface area (Å²) in [6, 6.07) is 0. The predicted molar refractivity (Wildman–Crippen MR) is 167 cm³/mol. The van der Waals surface area contributed by atoms with Gasteiger partial charge in [0.05, 0.1) is 36.6 Å². The zero-order valence-electron chi connectivity index (χ0n) is 28.2. The molecule has 3 unspecified atom stereocenters. The van der Waals surface area contributed by atoms with Crippen LogP contribution in [0.1, 0.15) is 92.4 Å². The largest absolute Gasteiger partial charge is 0.397 e. The summed E-state index contributed by atoms with van der Waals surface area (Å²) in [4.78, 5) is 0. The molecule has 4 aliphatic carbocycles. The average molecular weight is 679 g/mol. The number of aliphatic hydroxyl groups is 5. The third-order valence-electron chi connectivity index (χ3n) is 13.3. The minimum Gasteiger partial charge on any atom is -0.393 e. The van der Waals surface area contributed by atoms with Gasteiger partial charge in [-0.05, 0) is 91.8 Å². The van der Waals surface area contributed by atoms with Crippen molar-refractivity contribution in [2.45, 2.75) is 147 Å². The first-order chi connectivity index (χ1) is 21.4. The molecule has 1 saturated heterocycles. The van der Waals surface area contributed by atoms with E-state index in [1.54, 1.807) is 0 Å². The Morgan fingerprint density at radius 1 is 0.957 bits per heavy atom. The van der Waals surface area contributed by atoms with E-state index in [1.807, 2.05) is 13.8 Å². The maximum atomic E-state index is 12.6. The molecule has 1 heterocycles. The zero-order chi connectivity index (χ0) is 34.0. The number of hydrogen-bond donors (Lipinski definition) is 6. The van der Waals surface area contributed by atoms with Crippen LogP contribution in [0.15, 0.2) is 0 Å². The van der Waals surface area contributed by atoms with Gasteiger partial charge in [-0.3, -0.25) is 4.55 Å². The van der Waals surface area contributed by atoms with E-state index < -0.39 is 58.9 Å². The number of aliphatic hydroxyl groups excluding tert-OH is 4. The number of ether oxygens (including phenoxy) is 3. The lowest BCUT2D eigenvalue weighted by Crippen LogP contribution is -2.68. The summed E-state index contributed by atoms with van der Waals surface area (Å²) in [5.74, 6) is -0.0457. The molecule has 0 aromatic heterocycles. The van der Waals surface area contributed by atoms with Crippen LogP contribution in [0.3, 0.4) is 0 Å². The van der Waals surface area contributed by atoms with Gasteiger partial charge in [-0.2, -0.15) is 8.42 Å². The van der Waals surface area contributed by atoms with E-state index in [9.17, 15) is 34.0 Å². The molecule has 0 spiro atoms. The third-order valence-corrected chi connectivity index (χ3v) is 13.8. The Kier molecular flexibility index (Phi) is 10.7. The molecular weight excluding hydrogens is 620 g/mol. The van der Waals surface area contributed by atoms with Gasteiger partial charge in [-0.1, -0.05) is 34.6 Å². The van der Waals surface area contributed by atoms with Crippen molar-refractivity contribution in [3.05, 3.63) is 0 Å². The summed E-state index contributed by atoms with van der Waals surface area (Å²) < 4.78 is 53.4. The van der Waals surface area contributed by atoms with Crippen LogP contribution in [0.4, 0.5) is 0 Å². The van der Waals surface area contributed by atoms with Crippen LogP contribution < -0.4 is 0 Å². The highest BCUT2D eigenvalue weighted by Gasteiger charge is 2.70. The molecule has 12 nitrogen and oxygen atoms in total. The summed E-state index contributed by atoms with van der Waals surface area (Å²) >= 11 is 0. The molecule has 46 heavy (non-hydrogen) atoms. The Labute approximate surface area is 274 Å². The van der Waals surface area contributed by atoms with Crippen molar-refractivity contribution >= 4 is 10.4 Å². The number of rotatable bonds is 10. The molecule has 5 rings (SSSR count). The van der Waals surface area contributed by atoms with Crippen molar-refractivity contribution < 1.29 is 56.9 Å². The highest BCUT2D eigenvalue weighted by molar-refractivity contribution is 7.80. The summed E-state index contributed by atoms with van der Waals surface area (Å²) in [6.45, 7) is 10.4. The van der Waals surface area contributed by atoms with Gasteiger partial charge in [0.2, 0.25) is 0 Å². The summed E-state index contributed by atoms with van der Waals surface area (Å²) in [7, 11) is -3.47. The fraction of sp³-hybridized carbons (Fsp3) is 1.00. The first kappa shape index (κ1) is 36.8. The molecular formula is C33H58O12S. The Morgan fingerprint density at radius 2 is 1.63 bits per heavy atom. The lowest BCUT2D eigenvalue weighted by molar-refractivity contribution is -0.287. The molecule has 1 aliphatic heterocycles. The van der Waals surface area contributed by atoms with E-state index in [4.69, 9.17) is 18.8 Å². The summed E-state index contributed by atoms with van der Waals surface area (Å²) in [5.41, 5.74) is -1.78. The quantitative estimate of drug-likeness (QED) is 0.185. The fourth-order valence-corrected chi connectivity index (χ4v) is 11.6. The molecule has 4 saturated carbocycles. The minimum atomic E-state index is -4.78. The van der Waals surface area contributed by atoms with Gasteiger partial charge in [0.25, 0.3) is 0 Å². The van der Waals surface area contributed by atoms with E-state index in [1.165, 1.54) is 7.11 Å². The van der Waals surface area contributed by atoms with Crippen molar-refractivity contribution in [1.29, 1.82) is 0 Å². The van der Waals surface area contributed by atoms with Gasteiger partial charge in [-0.25, -0.2) is 4.18 Å². The lowest BCUT2D eigenvalue weighted by atomic mass is 9.42. The number of methoxy groups -OCH3 is 1. The fourth-order valence-electron chi connectivity index (χ4n) is 11.2. The van der Waals surface area contributed by atoms with E-state index in [-0.39, 0.29) is 65.5 Å². The maximum Gasteiger partial charge on any atom is 0.397 e. The van der Waals surface area contributed by atoms with Gasteiger partial charge in [0.1, 0.15) is 18.3 Å². The Morgan fingerprint density at radius 3 is 2.26 bits per heavy atom. The van der Waals surface area contributed by atoms with Crippen LogP contribution in [0.2, 0.25) is 0 Å². The Hall–Kier alpha value is -0.450. The first-order valence-corrected chi connectivity index (χ1v) is 18.6. The van der Waals surface area contributed by atoms with Gasteiger partial charge in [-0.15, -0.1) is 0 Å². The van der Waals surface area contributed by atoms with Gasteiger partial charge in [0.15, 0.2) is 6.29 Å². The molecule has 13 heteroatoms. The molecule has 0 bridgehead atoms. The van der Waals surface area contributed by atoms with E-state index in [0.29, 0.717) is 25.7 Å². The van der Waals surface area contributed by atoms with Crippen LogP contribution in [-0.2, 0) is 28.8 Å². The van der Waals surface area contributed by atoms with E-state index in [2.05, 4.69) is 25.0 Å². The third kappa shape index (κ3) is 6.57. The normalized spacial score (nSPS) is 49.2. The maximum absolute atomic E-state index is 12.6. The smallest absolute Gasteiger partial charge is 0.393 e. The number of hydrogen-bond acceptors (Lipinski definition) is 11. The van der Waals surface area contributed by atoms with Crippen LogP contribution in [0.25, 0.3) is 0 Å². The molecule has 0 amide bonds. The van der Waals surface area contributed by atoms with Crippen molar-refractivity contribution in [1.82, 2.24) is 0 Å². The van der Waals surface area contributed by atoms with Crippen LogP contribution in [0, 0.1) is 46.3 Å². The Bertz CT molecular complexity index is 1170. The highest BCUT2D eigenvalue weighted by atomic mass is 32.3. The Balaban J connectivity index is 1.26. The molecule has 268 valence electrons. The van der Waals surface area contributed by atoms with Crippen LogP contribution >= 0.6 is 0 Å². The van der Waals surface area contributed by atoms with E-state index in [0.717, 1.165) is 25.7 Å². The molecule has 0 aromatic carbocycles. The van der Waals surface area contributed by atoms with Crippen LogP contribution in [-0.4, -0.2) is 107 Å². The second-order valence-electron chi connectivity index (χ2n) is 16.2. The molecule has 16 atom stereocenters. The number of fused-ring (bicyclic) bond motifs is 5. The molecule has 5 aliphatic rings. The second-order valence-corrected chi connectivity index (χ2v) is 17.3. The van der Waals surface area contributed by atoms with Crippen LogP contribution in [0.5, 0.6) is 0 Å². The van der Waals surface area contributed by atoms with Gasteiger partial charge >= 0.3 is 10.4 Å². The summed E-state index contributed by atoms with van der Waals surface area (Å²) in [5, 5.41) is 56.8. The molecule has 6 N–H and O–H groups in total. The zero-order valence-corrected chi connectivity index (χ0v) is 29.0. The van der Waals surface area contributed by atoms with Gasteiger partial charge in [0, 0.05) is 19.4 Å². The predicted octanol–water partition coefficient (Wildman–Crippen LogP) is 2.44. The SMILES string of the molecule is CO[C@H]1[C@H](O)[C@@H](O[C@@H](CC[C@@H](C)[C@H]2C[C@@H](O)C3[C@]4(O)C[C@H](O)C5C[C@@H](O)CC[C@]5(C)C4CC[C@@]32C)C(C)C)OC[C@@H]1OS(=O)(=O)O.